The summed E-state index contributed by atoms with van der Waals surface area (Å²) in [4.78, 5) is 0. The van der Waals surface area contributed by atoms with Gasteiger partial charge in [-0.15, -0.1) is 0 Å². The number of benzene rings is 2. The minimum atomic E-state index is 0. The van der Waals surface area contributed by atoms with Gasteiger partial charge >= 0.3 is 0 Å². The van der Waals surface area contributed by atoms with Crippen molar-refractivity contribution in [1.82, 2.24) is 0 Å². The van der Waals surface area contributed by atoms with Crippen LogP contribution in [0.15, 0.2) is 60.7 Å². The highest BCUT2D eigenvalue weighted by atomic mass is 79.9. The van der Waals surface area contributed by atoms with Crippen LogP contribution in [0.25, 0.3) is 0 Å². The molecule has 0 heterocycles. The Balaban J connectivity index is 0.0000135. The van der Waals surface area contributed by atoms with Crippen LogP contribution in [0.1, 0.15) is 230 Å². The lowest BCUT2D eigenvalue weighted by molar-refractivity contribution is -0.954. The van der Waals surface area contributed by atoms with Crippen molar-refractivity contribution < 1.29 is 21.5 Å². The van der Waals surface area contributed by atoms with E-state index in [2.05, 4.69) is 74.5 Å². The Bertz CT molecular complexity index is 879. The van der Waals surface area contributed by atoms with Crippen molar-refractivity contribution in [1.29, 1.82) is 0 Å². The molecule has 0 saturated heterocycles. The average molecular weight is 783 g/mol. The van der Waals surface area contributed by atoms with Crippen LogP contribution < -0.4 is 17.0 Å². The molecule has 300 valence electrons. The van der Waals surface area contributed by atoms with Gasteiger partial charge in [-0.2, -0.15) is 0 Å². The van der Waals surface area contributed by atoms with Gasteiger partial charge in [0.1, 0.15) is 13.1 Å². The Hall–Kier alpha value is -1.12. The molecule has 0 aliphatic carbocycles. The van der Waals surface area contributed by atoms with E-state index in [0.29, 0.717) is 0 Å². The third-order valence-corrected chi connectivity index (χ3v) is 11.7. The minimum Gasteiger partial charge on any atom is -1.00 e. The summed E-state index contributed by atoms with van der Waals surface area (Å²) in [7, 11) is 0. The maximum Gasteiger partial charge on any atom is 0.105 e. The van der Waals surface area contributed by atoms with E-state index in [1.165, 1.54) is 247 Å². The topological polar surface area (TPSA) is 0 Å². The van der Waals surface area contributed by atoms with E-state index >= 15 is 0 Å². The Morgan fingerprint density at radius 3 is 0.731 bits per heavy atom. The smallest absolute Gasteiger partial charge is 0.105 e. The fourth-order valence-corrected chi connectivity index (χ4v) is 8.42. The van der Waals surface area contributed by atoms with Crippen LogP contribution in [0.4, 0.5) is 0 Å². The monoisotopic (exact) mass is 782 g/mol. The second kappa shape index (κ2) is 36.8. The molecule has 0 fully saturated rings. The van der Waals surface area contributed by atoms with Crippen molar-refractivity contribution in [2.24, 2.45) is 0 Å². The van der Waals surface area contributed by atoms with Gasteiger partial charge in [0.15, 0.2) is 0 Å². The summed E-state index contributed by atoms with van der Waals surface area (Å²) in [5.41, 5.74) is 3.03. The highest BCUT2D eigenvalue weighted by Crippen LogP contribution is 2.25. The molecule has 0 bridgehead atoms. The van der Waals surface area contributed by atoms with Crippen molar-refractivity contribution >= 4 is 0 Å². The third kappa shape index (κ3) is 28.3. The Morgan fingerprint density at radius 1 is 0.288 bits per heavy atom. The van der Waals surface area contributed by atoms with Crippen molar-refractivity contribution in [2.45, 2.75) is 232 Å². The number of unbranched alkanes of at least 4 members (excludes halogenated alkanes) is 30. The highest BCUT2D eigenvalue weighted by molar-refractivity contribution is 5.15. The fraction of sp³-hybridized carbons (Fsp3) is 0.760. The van der Waals surface area contributed by atoms with E-state index < -0.39 is 0 Å². The van der Waals surface area contributed by atoms with Crippen LogP contribution in [-0.2, 0) is 13.1 Å². The first-order chi connectivity index (χ1) is 25.3. The number of quaternary nitrogens is 1. The molecule has 0 atom stereocenters. The number of hydrogen-bond acceptors (Lipinski definition) is 0. The van der Waals surface area contributed by atoms with Crippen LogP contribution in [0.2, 0.25) is 0 Å². The molecule has 0 N–H and O–H groups in total. The molecule has 2 heteroatoms. The summed E-state index contributed by atoms with van der Waals surface area (Å²) in [5, 5.41) is 0. The molecule has 0 unspecified atom stereocenters. The Labute approximate surface area is 337 Å². The van der Waals surface area contributed by atoms with Crippen molar-refractivity contribution in [3.05, 3.63) is 71.8 Å². The van der Waals surface area contributed by atoms with E-state index in [-0.39, 0.29) is 17.0 Å². The van der Waals surface area contributed by atoms with Crippen LogP contribution in [0.3, 0.4) is 0 Å². The average Bonchev–Trinajstić information content (AvgIpc) is 3.15. The quantitative estimate of drug-likeness (QED) is 0.0470. The van der Waals surface area contributed by atoms with Gasteiger partial charge in [0, 0.05) is 11.1 Å². The first-order valence-electron chi connectivity index (χ1n) is 23.2. The van der Waals surface area contributed by atoms with E-state index in [1.807, 2.05) is 0 Å². The minimum absolute atomic E-state index is 0. The van der Waals surface area contributed by atoms with Gasteiger partial charge in [0.2, 0.25) is 0 Å². The Kier molecular flexibility index (Phi) is 34.6. The zero-order valence-electron chi connectivity index (χ0n) is 35.1. The summed E-state index contributed by atoms with van der Waals surface area (Å²) < 4.78 is 1.23. The Morgan fingerprint density at radius 2 is 0.500 bits per heavy atom. The zero-order valence-corrected chi connectivity index (χ0v) is 36.6. The molecular weight excluding hydrogens is 694 g/mol. The summed E-state index contributed by atoms with van der Waals surface area (Å²) in [5.74, 6) is 0. The lowest BCUT2D eigenvalue weighted by Crippen LogP contribution is -3.00. The lowest BCUT2D eigenvalue weighted by Gasteiger charge is -2.39. The zero-order chi connectivity index (χ0) is 36.2. The molecule has 0 saturated carbocycles. The number of rotatable bonds is 38. The van der Waals surface area contributed by atoms with E-state index in [4.69, 9.17) is 0 Å². The van der Waals surface area contributed by atoms with Crippen LogP contribution in [-0.4, -0.2) is 17.6 Å². The van der Waals surface area contributed by atoms with Gasteiger partial charge in [-0.25, -0.2) is 0 Å². The molecule has 0 spiro atoms. The molecule has 0 aliphatic rings. The number of halogens is 1. The lowest BCUT2D eigenvalue weighted by atomic mass is 10.0. The third-order valence-electron chi connectivity index (χ3n) is 11.7. The summed E-state index contributed by atoms with van der Waals surface area (Å²) >= 11 is 0. The fourth-order valence-electron chi connectivity index (χ4n) is 8.42. The maximum atomic E-state index is 2.37. The molecule has 2 aromatic carbocycles. The second-order valence-corrected chi connectivity index (χ2v) is 16.7. The molecule has 1 nitrogen and oxygen atoms in total. The molecular formula is C50H88BrN. The van der Waals surface area contributed by atoms with Gasteiger partial charge in [0.05, 0.1) is 13.1 Å². The molecule has 2 aromatic rings. The highest BCUT2D eigenvalue weighted by Gasteiger charge is 2.27. The van der Waals surface area contributed by atoms with E-state index in [1.54, 1.807) is 0 Å². The maximum absolute atomic E-state index is 2.37. The van der Waals surface area contributed by atoms with Crippen LogP contribution in [0, 0.1) is 0 Å². The van der Waals surface area contributed by atoms with Gasteiger partial charge in [-0.3, -0.25) is 0 Å². The first kappa shape index (κ1) is 48.9. The molecule has 0 amide bonds. The van der Waals surface area contributed by atoms with Crippen LogP contribution >= 0.6 is 0 Å². The standard InChI is InChI=1S/C50H88N.BrH/c1-3-5-7-9-11-13-15-17-19-21-23-25-27-29-31-39-45-51(47-49-41-35-33-36-42-49,48-50-43-37-34-38-44-50)46-40-32-30-28-26-24-22-20-18-16-14-12-10-8-6-4-2;/h33-38,41-44H,3-32,39-40,45-48H2,1-2H3;1H/q+1;/p-1. The first-order valence-corrected chi connectivity index (χ1v) is 23.2. The van der Waals surface area contributed by atoms with Gasteiger partial charge < -0.3 is 21.5 Å². The van der Waals surface area contributed by atoms with E-state index in [9.17, 15) is 0 Å². The van der Waals surface area contributed by atoms with E-state index in [0.717, 1.165) is 0 Å². The number of hydrogen-bond donors (Lipinski definition) is 0. The summed E-state index contributed by atoms with van der Waals surface area (Å²) in [6.07, 6.45) is 46.1. The number of nitrogens with zero attached hydrogens (tertiary/aromatic N) is 1. The SMILES string of the molecule is CCCCCCCCCCCCCCCCCC[N+](CCCCCCCCCCCCCCCCCC)(Cc1ccccc1)Cc1ccccc1.[Br-]. The molecule has 0 aliphatic heterocycles. The summed E-state index contributed by atoms with van der Waals surface area (Å²) in [6, 6.07) is 22.8. The molecule has 0 radical (unpaired) electrons. The predicted molar refractivity (Wildman–Crippen MR) is 229 cm³/mol. The molecule has 52 heavy (non-hydrogen) atoms. The van der Waals surface area contributed by atoms with Crippen molar-refractivity contribution in [2.75, 3.05) is 13.1 Å². The second-order valence-electron chi connectivity index (χ2n) is 16.7. The van der Waals surface area contributed by atoms with Gasteiger partial charge in [-0.05, 0) is 25.7 Å². The largest absolute Gasteiger partial charge is 1.00 e. The predicted octanol–water partition coefficient (Wildman–Crippen LogP) is 13.7. The summed E-state index contributed by atoms with van der Waals surface area (Å²) in [6.45, 7) is 9.61. The van der Waals surface area contributed by atoms with Gasteiger partial charge in [0.25, 0.3) is 0 Å². The van der Waals surface area contributed by atoms with Gasteiger partial charge in [-0.1, -0.05) is 254 Å². The van der Waals surface area contributed by atoms with Crippen LogP contribution in [0.5, 0.6) is 0 Å². The molecule has 2 rings (SSSR count). The van der Waals surface area contributed by atoms with Crippen molar-refractivity contribution in [3.63, 3.8) is 0 Å². The molecule has 0 aromatic heterocycles. The van der Waals surface area contributed by atoms with Crippen molar-refractivity contribution in [3.8, 4) is 0 Å². The normalized spacial score (nSPS) is 11.6.